The Morgan fingerprint density at radius 2 is 1.49 bits per heavy atom. The lowest BCUT2D eigenvalue weighted by atomic mass is 9.92. The zero-order valence-electron chi connectivity index (χ0n) is 23.5. The molecule has 3 unspecified atom stereocenters. The third-order valence-corrected chi connectivity index (χ3v) is 7.52. The van der Waals surface area contributed by atoms with Gasteiger partial charge >= 0.3 is 17.7 Å². The largest absolute Gasteiger partial charge is 0.475 e. The summed E-state index contributed by atoms with van der Waals surface area (Å²) in [5.41, 5.74) is 3.36. The summed E-state index contributed by atoms with van der Waals surface area (Å²) in [7, 11) is 0. The molecule has 4 aromatic carbocycles. The van der Waals surface area contributed by atoms with Crippen LogP contribution in [0.3, 0.4) is 0 Å². The van der Waals surface area contributed by atoms with Gasteiger partial charge in [-0.2, -0.15) is 0 Å². The standard InChI is InChI=1S/C34H32ClNO7/c1-22(36-20-29(37)26-13-8-14-27(35)19-26)17-23-15-16-30-31(18-23)43-34(42-30,32(38)39)33(40)41-21-28(24-9-4-2-5-10-24)25-11-6-3-7-12-25/h2-16,18-19,22,28-29,36-37H,17,20-21H2,1H3,(H,38,39). The molecule has 4 aromatic rings. The van der Waals surface area contributed by atoms with E-state index in [1.807, 2.05) is 73.7 Å². The number of benzene rings is 4. The molecule has 0 spiro atoms. The summed E-state index contributed by atoms with van der Waals surface area (Å²) in [6.07, 6.45) is -0.192. The van der Waals surface area contributed by atoms with E-state index >= 15 is 0 Å². The monoisotopic (exact) mass is 601 g/mol. The highest BCUT2D eigenvalue weighted by Gasteiger charge is 2.59. The molecule has 222 valence electrons. The van der Waals surface area contributed by atoms with Crippen LogP contribution in [0, 0.1) is 0 Å². The molecule has 0 amide bonds. The van der Waals surface area contributed by atoms with Crippen LogP contribution in [0.25, 0.3) is 0 Å². The van der Waals surface area contributed by atoms with Crippen LogP contribution in [0.2, 0.25) is 5.02 Å². The van der Waals surface area contributed by atoms with E-state index in [0.29, 0.717) is 23.6 Å². The highest BCUT2D eigenvalue weighted by atomic mass is 35.5. The molecule has 0 bridgehead atoms. The van der Waals surface area contributed by atoms with Crippen molar-refractivity contribution in [3.63, 3.8) is 0 Å². The number of fused-ring (bicyclic) bond motifs is 1. The van der Waals surface area contributed by atoms with E-state index in [2.05, 4.69) is 5.32 Å². The molecule has 43 heavy (non-hydrogen) atoms. The fraction of sp³-hybridized carbons (Fsp3) is 0.235. The van der Waals surface area contributed by atoms with Crippen LogP contribution >= 0.6 is 11.6 Å². The van der Waals surface area contributed by atoms with Crippen LogP contribution in [0.1, 0.15) is 41.2 Å². The van der Waals surface area contributed by atoms with E-state index in [-0.39, 0.29) is 30.1 Å². The van der Waals surface area contributed by atoms with Crippen LogP contribution < -0.4 is 14.8 Å². The number of aliphatic hydroxyl groups is 1. The number of carboxylic acid groups (broad SMARTS) is 1. The Hall–Kier alpha value is -4.37. The minimum atomic E-state index is -2.66. The van der Waals surface area contributed by atoms with Gasteiger partial charge in [0.05, 0.1) is 6.10 Å². The average molecular weight is 602 g/mol. The smallest absolute Gasteiger partial charge is 0.453 e. The Morgan fingerprint density at radius 1 is 0.860 bits per heavy atom. The number of carboxylic acids is 1. The van der Waals surface area contributed by atoms with Gasteiger partial charge in [0.25, 0.3) is 0 Å². The Labute approximate surface area is 254 Å². The second-order valence-electron chi connectivity index (χ2n) is 10.5. The van der Waals surface area contributed by atoms with Gasteiger partial charge < -0.3 is 29.7 Å². The number of nitrogens with one attached hydrogen (secondary N) is 1. The predicted octanol–water partition coefficient (Wildman–Crippen LogP) is 5.52. The van der Waals surface area contributed by atoms with E-state index in [9.17, 15) is 19.8 Å². The lowest BCUT2D eigenvalue weighted by Gasteiger charge is -2.23. The molecule has 3 N–H and O–H groups in total. The first-order chi connectivity index (χ1) is 20.7. The topological polar surface area (TPSA) is 114 Å². The zero-order valence-corrected chi connectivity index (χ0v) is 24.2. The molecular weight excluding hydrogens is 570 g/mol. The van der Waals surface area contributed by atoms with E-state index < -0.39 is 23.8 Å². The molecule has 8 nitrogen and oxygen atoms in total. The van der Waals surface area contributed by atoms with Crippen molar-refractivity contribution in [3.8, 4) is 11.5 Å². The first kappa shape index (κ1) is 30.1. The number of aliphatic carboxylic acids is 1. The van der Waals surface area contributed by atoms with Crippen molar-refractivity contribution in [1.29, 1.82) is 0 Å². The molecule has 0 saturated carbocycles. The van der Waals surface area contributed by atoms with Crippen LogP contribution in [0.15, 0.2) is 103 Å². The first-order valence-corrected chi connectivity index (χ1v) is 14.3. The first-order valence-electron chi connectivity index (χ1n) is 13.9. The second kappa shape index (κ2) is 13.3. The molecule has 0 radical (unpaired) electrons. The van der Waals surface area contributed by atoms with Crippen molar-refractivity contribution in [1.82, 2.24) is 5.32 Å². The maximum absolute atomic E-state index is 13.3. The van der Waals surface area contributed by atoms with Gasteiger partial charge in [0.15, 0.2) is 11.5 Å². The normalized spacial score (nSPS) is 16.9. The quantitative estimate of drug-likeness (QED) is 0.144. The van der Waals surface area contributed by atoms with E-state index in [4.69, 9.17) is 25.8 Å². The van der Waals surface area contributed by atoms with Crippen molar-refractivity contribution >= 4 is 23.5 Å². The molecule has 1 aliphatic heterocycles. The Kier molecular flexibility index (Phi) is 9.31. The van der Waals surface area contributed by atoms with Crippen molar-refractivity contribution in [2.24, 2.45) is 0 Å². The number of esters is 1. The second-order valence-corrected chi connectivity index (χ2v) is 10.9. The van der Waals surface area contributed by atoms with Crippen LogP contribution in [0.4, 0.5) is 0 Å². The summed E-state index contributed by atoms with van der Waals surface area (Å²) < 4.78 is 16.9. The number of halogens is 1. The Balaban J connectivity index is 1.24. The van der Waals surface area contributed by atoms with Crippen LogP contribution in [-0.2, 0) is 20.7 Å². The van der Waals surface area contributed by atoms with Crippen molar-refractivity contribution < 1.29 is 34.0 Å². The summed E-state index contributed by atoms with van der Waals surface area (Å²) in [5.74, 6) is -5.49. The molecule has 9 heteroatoms. The predicted molar refractivity (Wildman–Crippen MR) is 161 cm³/mol. The Bertz CT molecular complexity index is 1530. The van der Waals surface area contributed by atoms with Gasteiger partial charge in [-0.05, 0) is 59.9 Å². The van der Waals surface area contributed by atoms with Crippen molar-refractivity contribution in [2.75, 3.05) is 13.2 Å². The maximum atomic E-state index is 13.3. The van der Waals surface area contributed by atoms with Gasteiger partial charge in [-0.25, -0.2) is 9.59 Å². The number of ether oxygens (including phenoxy) is 3. The van der Waals surface area contributed by atoms with Crippen molar-refractivity contribution in [2.45, 2.75) is 37.2 Å². The van der Waals surface area contributed by atoms with E-state index in [1.165, 1.54) is 0 Å². The SMILES string of the molecule is CC(Cc1ccc2c(c1)OC(C(=O)O)(C(=O)OCC(c1ccccc1)c1ccccc1)O2)NCC(O)c1cccc(Cl)c1. The van der Waals surface area contributed by atoms with E-state index in [0.717, 1.165) is 16.7 Å². The van der Waals surface area contributed by atoms with E-state index in [1.54, 1.807) is 36.4 Å². The molecule has 1 heterocycles. The van der Waals surface area contributed by atoms with Crippen molar-refractivity contribution in [3.05, 3.63) is 130 Å². The van der Waals surface area contributed by atoms with Crippen LogP contribution in [0.5, 0.6) is 11.5 Å². The molecule has 5 rings (SSSR count). The summed E-state index contributed by atoms with van der Waals surface area (Å²) >= 11 is 6.03. The third kappa shape index (κ3) is 7.00. The minimum absolute atomic E-state index is 0.0451. The highest BCUT2D eigenvalue weighted by molar-refractivity contribution is 6.30. The maximum Gasteiger partial charge on any atom is 0.453 e. The molecule has 0 aliphatic carbocycles. The summed E-state index contributed by atoms with van der Waals surface area (Å²) in [6.45, 7) is 2.16. The molecule has 0 fully saturated rings. The molecule has 3 atom stereocenters. The summed E-state index contributed by atoms with van der Waals surface area (Å²) in [6, 6.07) is 31.1. The molecular formula is C34H32ClNO7. The summed E-state index contributed by atoms with van der Waals surface area (Å²) in [5, 5.41) is 24.4. The van der Waals surface area contributed by atoms with Gasteiger partial charge in [-0.1, -0.05) is 90.5 Å². The number of hydrogen-bond donors (Lipinski definition) is 3. The Morgan fingerprint density at radius 3 is 2.12 bits per heavy atom. The summed E-state index contributed by atoms with van der Waals surface area (Å²) in [4.78, 5) is 25.7. The third-order valence-electron chi connectivity index (χ3n) is 7.29. The minimum Gasteiger partial charge on any atom is -0.475 e. The number of carbonyl (C=O) groups excluding carboxylic acids is 1. The average Bonchev–Trinajstić information content (AvgIpc) is 3.41. The molecule has 1 aliphatic rings. The van der Waals surface area contributed by atoms with Gasteiger partial charge in [-0.15, -0.1) is 0 Å². The number of rotatable bonds is 12. The number of carbonyl (C=O) groups is 2. The van der Waals surface area contributed by atoms with Gasteiger partial charge in [0.2, 0.25) is 0 Å². The fourth-order valence-corrected chi connectivity index (χ4v) is 5.21. The lowest BCUT2D eigenvalue weighted by Crippen LogP contribution is -2.55. The van der Waals surface area contributed by atoms with Gasteiger partial charge in [-0.3, -0.25) is 0 Å². The number of aliphatic hydroxyl groups excluding tert-OH is 1. The zero-order chi connectivity index (χ0) is 30.4. The molecule has 0 aromatic heterocycles. The number of hydrogen-bond acceptors (Lipinski definition) is 7. The van der Waals surface area contributed by atoms with Gasteiger partial charge in [0, 0.05) is 23.5 Å². The van der Waals surface area contributed by atoms with Gasteiger partial charge in [0.1, 0.15) is 6.61 Å². The fourth-order valence-electron chi connectivity index (χ4n) is 5.01. The molecule has 0 saturated heterocycles. The van der Waals surface area contributed by atoms with Crippen LogP contribution in [-0.4, -0.2) is 47.1 Å². The lowest BCUT2D eigenvalue weighted by molar-refractivity contribution is -0.198. The highest BCUT2D eigenvalue weighted by Crippen LogP contribution is 2.41.